The topological polar surface area (TPSA) is 0 Å². The molecule has 0 bridgehead atoms. The van der Waals surface area contributed by atoms with Crippen molar-refractivity contribution in [2.75, 3.05) is 0 Å². The van der Waals surface area contributed by atoms with Crippen LogP contribution in [-0.4, -0.2) is 14.6 Å². The lowest BCUT2D eigenvalue weighted by Gasteiger charge is -2.01. The second-order valence-corrected chi connectivity index (χ2v) is 1.05. The van der Waals surface area contributed by atoms with E-state index in [4.69, 9.17) is 0 Å². The van der Waals surface area contributed by atoms with Gasteiger partial charge in [0.1, 0.15) is 0 Å². The van der Waals surface area contributed by atoms with Crippen molar-refractivity contribution in [1.82, 2.24) is 0 Å². The second-order valence-electron chi connectivity index (χ2n) is 1.05. The van der Waals surface area contributed by atoms with E-state index in [9.17, 15) is 0 Å². The average molecular weight is 65.7 g/mol. The van der Waals surface area contributed by atoms with Gasteiger partial charge in [0.2, 0.25) is 0 Å². The van der Waals surface area contributed by atoms with Gasteiger partial charge in [-0.05, 0) is 0 Å². The molecule has 0 atom stereocenters. The van der Waals surface area contributed by atoms with Crippen LogP contribution < -0.4 is 0 Å². The molecule has 0 saturated carbocycles. The maximum Gasteiger partial charge on any atom is 0.0913 e. The molecule has 0 aromatic rings. The van der Waals surface area contributed by atoms with E-state index in [1.54, 1.807) is 0 Å². The van der Waals surface area contributed by atoms with Crippen molar-refractivity contribution in [3.63, 3.8) is 0 Å². The van der Waals surface area contributed by atoms with E-state index in [1.165, 1.54) is 12.4 Å². The van der Waals surface area contributed by atoms with Crippen LogP contribution in [0.15, 0.2) is 0 Å². The minimum absolute atomic E-state index is 0. The van der Waals surface area contributed by atoms with E-state index in [0.717, 1.165) is 0 Å². The van der Waals surface area contributed by atoms with Gasteiger partial charge in [0.25, 0.3) is 0 Å². The van der Waals surface area contributed by atoms with Gasteiger partial charge in [0.15, 0.2) is 0 Å². The van der Waals surface area contributed by atoms with Crippen molar-refractivity contribution < 1.29 is 0 Å². The van der Waals surface area contributed by atoms with Crippen LogP contribution in [-0.2, 0) is 0 Å². The molecular formula is C3H8B2. The highest BCUT2D eigenvalue weighted by molar-refractivity contribution is 6.74. The molecule has 0 spiro atoms. The Kier molecular flexibility index (Phi) is 2.43. The van der Waals surface area contributed by atoms with Crippen LogP contribution in [0.2, 0.25) is 12.4 Å². The van der Waals surface area contributed by atoms with Gasteiger partial charge in [-0.15, -0.1) is 12.4 Å². The second kappa shape index (κ2) is 2.37. The predicted octanol–water partition coefficient (Wildman–Crippen LogP) is 0.796. The number of hydrogen-bond donors (Lipinski definition) is 0. The molecule has 1 rings (SSSR count). The SMILES string of the molecule is C.[B]1C[B]C1. The zero-order valence-electron chi connectivity index (χ0n) is 2.57. The van der Waals surface area contributed by atoms with Crippen LogP contribution in [0.3, 0.4) is 0 Å². The Hall–Kier alpha value is 0.130. The summed E-state index contributed by atoms with van der Waals surface area (Å²) in [6.45, 7) is 0. The first-order valence-corrected chi connectivity index (χ1v) is 1.63. The Morgan fingerprint density at radius 1 is 1.00 bits per heavy atom. The fourth-order valence-corrected chi connectivity index (χ4v) is 0.167. The molecule has 26 valence electrons. The van der Waals surface area contributed by atoms with Gasteiger partial charge in [0, 0.05) is 0 Å². The Labute approximate surface area is 35.4 Å². The summed E-state index contributed by atoms with van der Waals surface area (Å²) in [6.07, 6.45) is 2.50. The number of rotatable bonds is 0. The Morgan fingerprint density at radius 2 is 1.20 bits per heavy atom. The zero-order chi connectivity index (χ0) is 2.83. The maximum atomic E-state index is 2.25. The average Bonchev–Trinajstić information content (AvgIpc) is 0.722. The third-order valence-electron chi connectivity index (χ3n) is 0.667. The van der Waals surface area contributed by atoms with E-state index in [1.807, 2.05) is 0 Å². The molecular weight excluding hydrogens is 57.7 g/mol. The highest BCUT2D eigenvalue weighted by atomic mass is 13.5. The normalized spacial score (nSPS) is 16.0. The molecule has 0 aromatic heterocycles. The van der Waals surface area contributed by atoms with Crippen molar-refractivity contribution in [3.8, 4) is 0 Å². The molecule has 1 aliphatic rings. The Balaban J connectivity index is 0.000000160. The molecule has 1 fully saturated rings. The van der Waals surface area contributed by atoms with Gasteiger partial charge in [-0.2, -0.15) is 0 Å². The third-order valence-corrected chi connectivity index (χ3v) is 0.667. The van der Waals surface area contributed by atoms with Gasteiger partial charge in [-0.1, -0.05) is 7.43 Å². The maximum absolute atomic E-state index is 2.25. The van der Waals surface area contributed by atoms with E-state index in [0.29, 0.717) is 0 Å². The lowest BCUT2D eigenvalue weighted by Crippen LogP contribution is -2.10. The molecule has 0 aliphatic carbocycles. The fourth-order valence-electron chi connectivity index (χ4n) is 0.167. The summed E-state index contributed by atoms with van der Waals surface area (Å²) in [6, 6.07) is 0. The van der Waals surface area contributed by atoms with E-state index >= 15 is 0 Å². The van der Waals surface area contributed by atoms with E-state index in [2.05, 4.69) is 14.6 Å². The first-order chi connectivity index (χ1) is 2.00. The fraction of sp³-hybridized carbons (Fsp3) is 1.00. The predicted molar refractivity (Wildman–Crippen MR) is 27.9 cm³/mol. The first-order valence-electron chi connectivity index (χ1n) is 1.63. The van der Waals surface area contributed by atoms with E-state index in [-0.39, 0.29) is 7.43 Å². The molecule has 5 heavy (non-hydrogen) atoms. The molecule has 0 amide bonds. The highest BCUT2D eigenvalue weighted by Crippen LogP contribution is 1.94. The smallest absolute Gasteiger partial charge is 0.0913 e. The molecule has 0 N–H and O–H groups in total. The Bertz CT molecular complexity index is 12.9. The summed E-state index contributed by atoms with van der Waals surface area (Å²) in [5.74, 6) is 0. The molecule has 0 aromatic carbocycles. The van der Waals surface area contributed by atoms with E-state index < -0.39 is 0 Å². The van der Waals surface area contributed by atoms with Crippen molar-refractivity contribution in [1.29, 1.82) is 0 Å². The third kappa shape index (κ3) is 1.10. The lowest BCUT2D eigenvalue weighted by atomic mass is 9.32. The standard InChI is InChI=1S/C2H4B2.CH4/c1-3-2-4-1;/h1-2H2;1H4. The van der Waals surface area contributed by atoms with Crippen LogP contribution in [0.1, 0.15) is 7.43 Å². The van der Waals surface area contributed by atoms with Crippen LogP contribution in [0.25, 0.3) is 0 Å². The van der Waals surface area contributed by atoms with Crippen LogP contribution in [0, 0.1) is 0 Å². The monoisotopic (exact) mass is 66.1 g/mol. The lowest BCUT2D eigenvalue weighted by molar-refractivity contribution is 1.71. The quantitative estimate of drug-likeness (QED) is 0.366. The summed E-state index contributed by atoms with van der Waals surface area (Å²) >= 11 is 0. The van der Waals surface area contributed by atoms with Crippen LogP contribution in [0.4, 0.5) is 0 Å². The summed E-state index contributed by atoms with van der Waals surface area (Å²) in [5, 5.41) is 0. The van der Waals surface area contributed by atoms with Crippen LogP contribution >= 0.6 is 0 Å². The van der Waals surface area contributed by atoms with Crippen molar-refractivity contribution in [2.24, 2.45) is 0 Å². The molecule has 2 radical (unpaired) electrons. The zero-order valence-corrected chi connectivity index (χ0v) is 2.57. The van der Waals surface area contributed by atoms with Crippen molar-refractivity contribution >= 4 is 14.6 Å². The Morgan fingerprint density at radius 3 is 1.20 bits per heavy atom. The van der Waals surface area contributed by atoms with Gasteiger partial charge in [-0.25, -0.2) is 0 Å². The molecule has 0 nitrogen and oxygen atoms in total. The summed E-state index contributed by atoms with van der Waals surface area (Å²) in [7, 11) is 4.50. The molecule has 0 unspecified atom stereocenters. The van der Waals surface area contributed by atoms with Gasteiger partial charge in [0.05, 0.1) is 14.6 Å². The summed E-state index contributed by atoms with van der Waals surface area (Å²) in [5.41, 5.74) is 0. The molecule has 1 saturated heterocycles. The minimum Gasteiger partial charge on any atom is -0.108 e. The van der Waals surface area contributed by atoms with Gasteiger partial charge < -0.3 is 0 Å². The molecule has 1 heterocycles. The molecule has 1 aliphatic heterocycles. The summed E-state index contributed by atoms with van der Waals surface area (Å²) < 4.78 is 0. The van der Waals surface area contributed by atoms with Crippen molar-refractivity contribution in [2.45, 2.75) is 19.9 Å². The first kappa shape index (κ1) is 5.13. The number of hydrogen-bond acceptors (Lipinski definition) is 0. The summed E-state index contributed by atoms with van der Waals surface area (Å²) in [4.78, 5) is 0. The minimum atomic E-state index is 0. The highest BCUT2D eigenvalue weighted by Gasteiger charge is 2.00. The van der Waals surface area contributed by atoms with Crippen molar-refractivity contribution in [3.05, 3.63) is 0 Å². The van der Waals surface area contributed by atoms with Gasteiger partial charge in [-0.3, -0.25) is 0 Å². The molecule has 2 heteroatoms. The largest absolute Gasteiger partial charge is 0.108 e. The van der Waals surface area contributed by atoms with Crippen LogP contribution in [0.5, 0.6) is 0 Å². The van der Waals surface area contributed by atoms with Gasteiger partial charge >= 0.3 is 0 Å².